The van der Waals surface area contributed by atoms with Gasteiger partial charge < -0.3 is 5.32 Å². The lowest BCUT2D eigenvalue weighted by Gasteiger charge is -2.07. The molecule has 2 atom stereocenters. The van der Waals surface area contributed by atoms with E-state index in [1.807, 2.05) is 18.2 Å². The van der Waals surface area contributed by atoms with Crippen molar-refractivity contribution in [1.29, 1.82) is 0 Å². The van der Waals surface area contributed by atoms with Crippen LogP contribution in [-0.4, -0.2) is 16.0 Å². The summed E-state index contributed by atoms with van der Waals surface area (Å²) in [6, 6.07) is 10.4. The van der Waals surface area contributed by atoms with Gasteiger partial charge in [-0.15, -0.1) is 0 Å². The Bertz CT molecular complexity index is 575. The molecule has 0 saturated heterocycles. The standard InChI is InChI=1S/C13H14FN5/c14-10-7-16-13(19-15)18-12(10)17-11-6-9(11)8-4-2-1-3-5-8/h1-5,7,9,11H,6,15H2,(H2,16,17,18,19). The summed E-state index contributed by atoms with van der Waals surface area (Å²) in [6.45, 7) is 0. The minimum Gasteiger partial charge on any atom is -0.364 e. The van der Waals surface area contributed by atoms with E-state index in [1.165, 1.54) is 5.56 Å². The van der Waals surface area contributed by atoms with Crippen LogP contribution in [0.5, 0.6) is 0 Å². The molecule has 0 aliphatic heterocycles. The first-order valence-corrected chi connectivity index (χ1v) is 6.08. The Morgan fingerprint density at radius 3 is 2.79 bits per heavy atom. The van der Waals surface area contributed by atoms with E-state index in [2.05, 4.69) is 32.8 Å². The molecular formula is C13H14FN5. The van der Waals surface area contributed by atoms with Crippen molar-refractivity contribution in [2.24, 2.45) is 5.84 Å². The number of halogens is 1. The van der Waals surface area contributed by atoms with Gasteiger partial charge in [-0.05, 0) is 12.0 Å². The largest absolute Gasteiger partial charge is 0.364 e. The van der Waals surface area contributed by atoms with E-state index < -0.39 is 5.82 Å². The second-order valence-electron chi connectivity index (χ2n) is 4.54. The number of rotatable bonds is 4. The predicted molar refractivity (Wildman–Crippen MR) is 71.0 cm³/mol. The van der Waals surface area contributed by atoms with E-state index in [9.17, 15) is 4.39 Å². The number of hydrogen-bond acceptors (Lipinski definition) is 5. The third-order valence-corrected chi connectivity index (χ3v) is 3.21. The van der Waals surface area contributed by atoms with E-state index in [-0.39, 0.29) is 17.8 Å². The number of nitrogen functional groups attached to an aromatic ring is 1. The van der Waals surface area contributed by atoms with Crippen LogP contribution in [0.15, 0.2) is 36.5 Å². The molecule has 1 aliphatic rings. The molecule has 1 aromatic carbocycles. The molecule has 3 rings (SSSR count). The second kappa shape index (κ2) is 4.81. The van der Waals surface area contributed by atoms with Crippen LogP contribution in [0.1, 0.15) is 17.9 Å². The van der Waals surface area contributed by atoms with E-state index in [0.717, 1.165) is 12.6 Å². The summed E-state index contributed by atoms with van der Waals surface area (Å²) in [5.41, 5.74) is 3.56. The average Bonchev–Trinajstić information content (AvgIpc) is 3.21. The highest BCUT2D eigenvalue weighted by molar-refractivity contribution is 5.45. The molecule has 0 amide bonds. The van der Waals surface area contributed by atoms with E-state index in [0.29, 0.717) is 5.92 Å². The Kier molecular flexibility index (Phi) is 3.00. The number of hydrogen-bond donors (Lipinski definition) is 3. The van der Waals surface area contributed by atoms with Crippen LogP contribution >= 0.6 is 0 Å². The maximum absolute atomic E-state index is 13.6. The highest BCUT2D eigenvalue weighted by atomic mass is 19.1. The minimum atomic E-state index is -0.474. The molecule has 0 spiro atoms. The summed E-state index contributed by atoms with van der Waals surface area (Å²) in [7, 11) is 0. The number of nitrogens with two attached hydrogens (primary N) is 1. The van der Waals surface area contributed by atoms with Gasteiger partial charge in [0, 0.05) is 12.0 Å². The fraction of sp³-hybridized carbons (Fsp3) is 0.231. The van der Waals surface area contributed by atoms with Gasteiger partial charge in [-0.1, -0.05) is 30.3 Å². The molecule has 6 heteroatoms. The van der Waals surface area contributed by atoms with Crippen molar-refractivity contribution in [2.45, 2.75) is 18.4 Å². The van der Waals surface area contributed by atoms with Gasteiger partial charge in [0.05, 0.1) is 6.20 Å². The Labute approximate surface area is 110 Å². The lowest BCUT2D eigenvalue weighted by Crippen LogP contribution is -2.14. The Morgan fingerprint density at radius 1 is 1.26 bits per heavy atom. The fourth-order valence-electron chi connectivity index (χ4n) is 2.14. The summed E-state index contributed by atoms with van der Waals surface area (Å²) in [5.74, 6) is 5.52. The number of aromatic nitrogens is 2. The van der Waals surface area contributed by atoms with Crippen molar-refractivity contribution in [1.82, 2.24) is 9.97 Å². The van der Waals surface area contributed by atoms with Crippen molar-refractivity contribution < 1.29 is 4.39 Å². The number of nitrogens with one attached hydrogen (secondary N) is 2. The molecule has 1 aromatic heterocycles. The third-order valence-electron chi connectivity index (χ3n) is 3.21. The van der Waals surface area contributed by atoms with E-state index in [1.54, 1.807) is 0 Å². The minimum absolute atomic E-state index is 0.186. The molecular weight excluding hydrogens is 245 g/mol. The van der Waals surface area contributed by atoms with Gasteiger partial charge in [0.2, 0.25) is 5.95 Å². The second-order valence-corrected chi connectivity index (χ2v) is 4.54. The normalized spacial score (nSPS) is 20.9. The Morgan fingerprint density at radius 2 is 2.05 bits per heavy atom. The summed E-state index contributed by atoms with van der Waals surface area (Å²) in [6.07, 6.45) is 2.07. The van der Waals surface area contributed by atoms with Crippen LogP contribution < -0.4 is 16.6 Å². The molecule has 5 nitrogen and oxygen atoms in total. The quantitative estimate of drug-likeness (QED) is 0.577. The van der Waals surface area contributed by atoms with Crippen molar-refractivity contribution in [3.8, 4) is 0 Å². The van der Waals surface area contributed by atoms with Crippen LogP contribution in [0.2, 0.25) is 0 Å². The molecule has 19 heavy (non-hydrogen) atoms. The van der Waals surface area contributed by atoms with Gasteiger partial charge in [-0.25, -0.2) is 15.2 Å². The Hall–Kier alpha value is -2.21. The maximum atomic E-state index is 13.6. The first-order chi connectivity index (χ1) is 9.28. The molecule has 1 saturated carbocycles. The molecule has 1 heterocycles. The Balaban J connectivity index is 1.71. The lowest BCUT2D eigenvalue weighted by atomic mass is 10.1. The molecule has 1 fully saturated rings. The topological polar surface area (TPSA) is 75.9 Å². The highest BCUT2D eigenvalue weighted by Gasteiger charge is 2.38. The zero-order valence-corrected chi connectivity index (χ0v) is 10.2. The van der Waals surface area contributed by atoms with Crippen LogP contribution in [0.3, 0.4) is 0 Å². The summed E-state index contributed by atoms with van der Waals surface area (Å²) >= 11 is 0. The van der Waals surface area contributed by atoms with Gasteiger partial charge >= 0.3 is 0 Å². The number of hydrazine groups is 1. The average molecular weight is 259 g/mol. The molecule has 0 radical (unpaired) electrons. The van der Waals surface area contributed by atoms with Crippen molar-refractivity contribution in [2.75, 3.05) is 10.7 Å². The third kappa shape index (κ3) is 2.48. The zero-order chi connectivity index (χ0) is 13.2. The summed E-state index contributed by atoms with van der Waals surface area (Å²) < 4.78 is 13.6. The van der Waals surface area contributed by atoms with Crippen LogP contribution in [0, 0.1) is 5.82 Å². The van der Waals surface area contributed by atoms with Gasteiger partial charge in [0.1, 0.15) is 0 Å². The first-order valence-electron chi connectivity index (χ1n) is 6.08. The predicted octanol–water partition coefficient (Wildman–Crippen LogP) is 1.87. The van der Waals surface area contributed by atoms with Gasteiger partial charge in [-0.2, -0.15) is 4.98 Å². The van der Waals surface area contributed by atoms with Crippen molar-refractivity contribution in [3.63, 3.8) is 0 Å². The number of anilines is 2. The molecule has 98 valence electrons. The van der Waals surface area contributed by atoms with Crippen LogP contribution in [0.25, 0.3) is 0 Å². The maximum Gasteiger partial charge on any atom is 0.239 e. The van der Waals surface area contributed by atoms with Gasteiger partial charge in [0.25, 0.3) is 0 Å². The fourth-order valence-corrected chi connectivity index (χ4v) is 2.14. The van der Waals surface area contributed by atoms with Crippen molar-refractivity contribution >= 4 is 11.8 Å². The van der Waals surface area contributed by atoms with Crippen molar-refractivity contribution in [3.05, 3.63) is 47.9 Å². The van der Waals surface area contributed by atoms with Gasteiger partial charge in [-0.3, -0.25) is 5.43 Å². The van der Waals surface area contributed by atoms with E-state index in [4.69, 9.17) is 5.84 Å². The SMILES string of the molecule is NNc1ncc(F)c(NC2CC2c2ccccc2)n1. The summed E-state index contributed by atoms with van der Waals surface area (Å²) in [4.78, 5) is 7.67. The number of nitrogens with zero attached hydrogens (tertiary/aromatic N) is 2. The highest BCUT2D eigenvalue weighted by Crippen LogP contribution is 2.42. The van der Waals surface area contributed by atoms with Crippen LogP contribution in [-0.2, 0) is 0 Å². The summed E-state index contributed by atoms with van der Waals surface area (Å²) in [5, 5.41) is 3.09. The molecule has 0 bridgehead atoms. The smallest absolute Gasteiger partial charge is 0.239 e. The monoisotopic (exact) mass is 259 g/mol. The molecule has 1 aliphatic carbocycles. The molecule has 4 N–H and O–H groups in total. The van der Waals surface area contributed by atoms with Crippen LogP contribution in [0.4, 0.5) is 16.2 Å². The molecule has 2 unspecified atom stereocenters. The lowest BCUT2D eigenvalue weighted by molar-refractivity contribution is 0.617. The first kappa shape index (κ1) is 11.9. The van der Waals surface area contributed by atoms with E-state index >= 15 is 0 Å². The molecule has 2 aromatic rings. The number of benzene rings is 1. The van der Waals surface area contributed by atoms with Gasteiger partial charge in [0.15, 0.2) is 11.6 Å². The zero-order valence-electron chi connectivity index (χ0n) is 10.2.